The number of pyridine rings is 1. The summed E-state index contributed by atoms with van der Waals surface area (Å²) >= 11 is 3.38. The van der Waals surface area contributed by atoms with Crippen LogP contribution in [-0.4, -0.2) is 9.38 Å². The van der Waals surface area contributed by atoms with Gasteiger partial charge in [-0.3, -0.25) is 4.40 Å². The summed E-state index contributed by atoms with van der Waals surface area (Å²) in [6.07, 6.45) is 1.81. The number of imidazole rings is 1. The Balaban J connectivity index is 2.35. The zero-order valence-electron chi connectivity index (χ0n) is 9.64. The van der Waals surface area contributed by atoms with E-state index in [-0.39, 0.29) is 5.82 Å². The van der Waals surface area contributed by atoms with E-state index >= 15 is 0 Å². The Kier molecular flexibility index (Phi) is 2.80. The van der Waals surface area contributed by atoms with Crippen molar-refractivity contribution in [2.75, 3.05) is 0 Å². The van der Waals surface area contributed by atoms with E-state index in [1.54, 1.807) is 22.6 Å². The van der Waals surface area contributed by atoms with Gasteiger partial charge in [-0.05, 0) is 40.2 Å². The number of benzene rings is 1. The summed E-state index contributed by atoms with van der Waals surface area (Å²) in [5.41, 5.74) is 1.66. The maximum atomic E-state index is 13.3. The van der Waals surface area contributed by atoms with Gasteiger partial charge < -0.3 is 0 Å². The summed E-state index contributed by atoms with van der Waals surface area (Å²) in [6, 6.07) is 11.9. The van der Waals surface area contributed by atoms with Gasteiger partial charge in [0.2, 0.25) is 0 Å². The van der Waals surface area contributed by atoms with Crippen LogP contribution in [0.3, 0.4) is 0 Å². The van der Waals surface area contributed by atoms with Crippen molar-refractivity contribution in [2.45, 2.75) is 0 Å². The number of rotatable bonds is 1. The molecule has 2 heterocycles. The van der Waals surface area contributed by atoms with Crippen LogP contribution in [0.25, 0.3) is 16.9 Å². The van der Waals surface area contributed by atoms with E-state index in [4.69, 9.17) is 5.26 Å². The SMILES string of the molecule is N#Cc1nc(-c2cccc(F)c2)n2cc(Br)ccc12. The van der Waals surface area contributed by atoms with Crippen LogP contribution in [0, 0.1) is 17.1 Å². The Labute approximate surface area is 117 Å². The second-order valence-electron chi connectivity index (χ2n) is 4.01. The molecule has 3 rings (SSSR count). The number of hydrogen-bond donors (Lipinski definition) is 0. The van der Waals surface area contributed by atoms with Crippen molar-refractivity contribution in [3.8, 4) is 17.5 Å². The van der Waals surface area contributed by atoms with E-state index in [1.165, 1.54) is 12.1 Å². The third kappa shape index (κ3) is 2.00. The van der Waals surface area contributed by atoms with Crippen molar-refractivity contribution < 1.29 is 4.39 Å². The average Bonchev–Trinajstić information content (AvgIpc) is 2.76. The third-order valence-corrected chi connectivity index (χ3v) is 3.26. The van der Waals surface area contributed by atoms with Gasteiger partial charge >= 0.3 is 0 Å². The van der Waals surface area contributed by atoms with Gasteiger partial charge in [0.1, 0.15) is 17.7 Å². The van der Waals surface area contributed by atoms with Crippen LogP contribution in [0.1, 0.15) is 5.69 Å². The molecule has 0 saturated heterocycles. The van der Waals surface area contributed by atoms with E-state index < -0.39 is 0 Å². The molecule has 92 valence electrons. The molecular weight excluding hydrogens is 309 g/mol. The van der Waals surface area contributed by atoms with Crippen molar-refractivity contribution in [3.63, 3.8) is 0 Å². The highest BCUT2D eigenvalue weighted by molar-refractivity contribution is 9.10. The Morgan fingerprint density at radius 1 is 1.26 bits per heavy atom. The highest BCUT2D eigenvalue weighted by Gasteiger charge is 2.12. The second kappa shape index (κ2) is 4.48. The molecule has 5 heteroatoms. The van der Waals surface area contributed by atoms with Crippen LogP contribution < -0.4 is 0 Å². The molecule has 0 fully saturated rings. The van der Waals surface area contributed by atoms with E-state index in [2.05, 4.69) is 27.0 Å². The van der Waals surface area contributed by atoms with E-state index in [9.17, 15) is 4.39 Å². The molecule has 1 aromatic carbocycles. The van der Waals surface area contributed by atoms with Crippen LogP contribution >= 0.6 is 15.9 Å². The highest BCUT2D eigenvalue weighted by atomic mass is 79.9. The monoisotopic (exact) mass is 315 g/mol. The number of nitrogens with zero attached hydrogens (tertiary/aromatic N) is 3. The number of halogens is 2. The topological polar surface area (TPSA) is 41.1 Å². The molecule has 0 aliphatic carbocycles. The van der Waals surface area contributed by atoms with E-state index in [0.29, 0.717) is 22.6 Å². The molecule has 0 N–H and O–H groups in total. The Morgan fingerprint density at radius 3 is 2.84 bits per heavy atom. The lowest BCUT2D eigenvalue weighted by atomic mass is 10.2. The average molecular weight is 316 g/mol. The largest absolute Gasteiger partial charge is 0.297 e. The summed E-state index contributed by atoms with van der Waals surface area (Å²) in [5.74, 6) is 0.218. The summed E-state index contributed by atoms with van der Waals surface area (Å²) < 4.78 is 15.9. The summed E-state index contributed by atoms with van der Waals surface area (Å²) in [6.45, 7) is 0. The smallest absolute Gasteiger partial charge is 0.166 e. The summed E-state index contributed by atoms with van der Waals surface area (Å²) in [4.78, 5) is 4.27. The van der Waals surface area contributed by atoms with Crippen LogP contribution in [-0.2, 0) is 0 Å². The Bertz CT molecular complexity index is 817. The van der Waals surface area contributed by atoms with Gasteiger partial charge in [-0.1, -0.05) is 12.1 Å². The quantitative estimate of drug-likeness (QED) is 0.685. The minimum atomic E-state index is -0.331. The van der Waals surface area contributed by atoms with Crippen molar-refractivity contribution in [1.29, 1.82) is 5.26 Å². The second-order valence-corrected chi connectivity index (χ2v) is 4.92. The molecule has 0 radical (unpaired) electrons. The maximum absolute atomic E-state index is 13.3. The fraction of sp³-hybridized carbons (Fsp3) is 0. The molecule has 19 heavy (non-hydrogen) atoms. The first-order valence-electron chi connectivity index (χ1n) is 5.52. The zero-order valence-corrected chi connectivity index (χ0v) is 11.2. The Hall–Kier alpha value is -2.19. The normalized spacial score (nSPS) is 10.6. The first-order valence-corrected chi connectivity index (χ1v) is 6.32. The van der Waals surface area contributed by atoms with Gasteiger partial charge in [-0.25, -0.2) is 9.37 Å². The molecular formula is C14H7BrFN3. The molecule has 0 bridgehead atoms. The molecule has 3 nitrogen and oxygen atoms in total. The number of fused-ring (bicyclic) bond motifs is 1. The van der Waals surface area contributed by atoms with Crippen LogP contribution in [0.5, 0.6) is 0 Å². The van der Waals surface area contributed by atoms with Gasteiger partial charge in [0.05, 0.1) is 5.52 Å². The third-order valence-electron chi connectivity index (χ3n) is 2.79. The fourth-order valence-electron chi connectivity index (χ4n) is 1.97. The molecule has 0 saturated carbocycles. The predicted molar refractivity (Wildman–Crippen MR) is 73.0 cm³/mol. The number of nitriles is 1. The maximum Gasteiger partial charge on any atom is 0.166 e. The lowest BCUT2D eigenvalue weighted by Gasteiger charge is -2.02. The van der Waals surface area contributed by atoms with Crippen LogP contribution in [0.15, 0.2) is 47.1 Å². The van der Waals surface area contributed by atoms with E-state index in [1.807, 2.05) is 12.3 Å². The molecule has 0 aliphatic heterocycles. The molecule has 0 aliphatic rings. The van der Waals surface area contributed by atoms with Crippen LogP contribution in [0.2, 0.25) is 0 Å². The number of aromatic nitrogens is 2. The molecule has 0 unspecified atom stereocenters. The van der Waals surface area contributed by atoms with Crippen molar-refractivity contribution >= 4 is 21.4 Å². The van der Waals surface area contributed by atoms with Gasteiger partial charge in [-0.15, -0.1) is 0 Å². The lowest BCUT2D eigenvalue weighted by molar-refractivity contribution is 0.628. The van der Waals surface area contributed by atoms with Crippen molar-refractivity contribution in [1.82, 2.24) is 9.38 Å². The molecule has 3 aromatic rings. The number of hydrogen-bond acceptors (Lipinski definition) is 2. The zero-order chi connectivity index (χ0) is 13.4. The summed E-state index contributed by atoms with van der Waals surface area (Å²) in [5, 5.41) is 9.11. The first-order chi connectivity index (χ1) is 9.19. The van der Waals surface area contributed by atoms with Crippen molar-refractivity contribution in [2.24, 2.45) is 0 Å². The molecule has 0 spiro atoms. The first kappa shape index (κ1) is 11.9. The Morgan fingerprint density at radius 2 is 2.11 bits per heavy atom. The molecule has 0 amide bonds. The van der Waals surface area contributed by atoms with E-state index in [0.717, 1.165) is 4.47 Å². The molecule has 0 atom stereocenters. The standard InChI is InChI=1S/C14H7BrFN3/c15-10-4-5-13-12(7-17)18-14(19(13)8-10)9-2-1-3-11(16)6-9/h1-6,8H. The minimum Gasteiger partial charge on any atom is -0.297 e. The van der Waals surface area contributed by atoms with Crippen molar-refractivity contribution in [3.05, 3.63) is 58.6 Å². The van der Waals surface area contributed by atoms with Gasteiger partial charge in [0.25, 0.3) is 0 Å². The van der Waals surface area contributed by atoms with Gasteiger partial charge in [0.15, 0.2) is 5.69 Å². The molecule has 2 aromatic heterocycles. The van der Waals surface area contributed by atoms with Gasteiger partial charge in [0, 0.05) is 16.2 Å². The predicted octanol–water partition coefficient (Wildman–Crippen LogP) is 3.77. The summed E-state index contributed by atoms with van der Waals surface area (Å²) in [7, 11) is 0. The van der Waals surface area contributed by atoms with Crippen LogP contribution in [0.4, 0.5) is 4.39 Å². The minimum absolute atomic E-state index is 0.326. The fourth-order valence-corrected chi connectivity index (χ4v) is 2.31. The van der Waals surface area contributed by atoms with Gasteiger partial charge in [-0.2, -0.15) is 5.26 Å². The highest BCUT2D eigenvalue weighted by Crippen LogP contribution is 2.24. The lowest BCUT2D eigenvalue weighted by Crippen LogP contribution is -1.89.